The van der Waals surface area contributed by atoms with Gasteiger partial charge in [-0.2, -0.15) is 0 Å². The van der Waals surface area contributed by atoms with E-state index in [0.29, 0.717) is 22.9 Å². The van der Waals surface area contributed by atoms with Crippen molar-refractivity contribution in [3.8, 4) is 0 Å². The average molecular weight is 326 g/mol. The lowest BCUT2D eigenvalue weighted by atomic mass is 9.92. The number of hydrogen-bond acceptors (Lipinski definition) is 1. The lowest BCUT2D eigenvalue weighted by molar-refractivity contribution is 0.480. The molecule has 0 fully saturated rings. The highest BCUT2D eigenvalue weighted by atomic mass is 35.5. The highest BCUT2D eigenvalue weighted by Crippen LogP contribution is 2.28. The highest BCUT2D eigenvalue weighted by molar-refractivity contribution is 6.35. The zero-order chi connectivity index (χ0) is 15.2. The van der Waals surface area contributed by atoms with Gasteiger partial charge in [0.2, 0.25) is 0 Å². The molecule has 0 amide bonds. The molecule has 0 saturated heterocycles. The van der Waals surface area contributed by atoms with Crippen LogP contribution < -0.4 is 5.32 Å². The Hall–Kier alpha value is -1.09. The third kappa shape index (κ3) is 4.44. The first-order valence-electron chi connectivity index (χ1n) is 6.92. The Kier molecular flexibility index (Phi) is 6.04. The van der Waals surface area contributed by atoms with Crippen molar-refractivity contribution in [1.82, 2.24) is 5.32 Å². The van der Waals surface area contributed by atoms with Crippen LogP contribution in [0.5, 0.6) is 0 Å². The van der Waals surface area contributed by atoms with Gasteiger partial charge in [-0.3, -0.25) is 0 Å². The molecule has 1 N–H and O–H groups in total. The maximum Gasteiger partial charge on any atom is 0.126 e. The fraction of sp³-hybridized carbons (Fsp3) is 0.294. The van der Waals surface area contributed by atoms with Crippen LogP contribution in [0.15, 0.2) is 42.5 Å². The number of nitrogens with one attached hydrogen (secondary N) is 1. The molecule has 1 atom stereocenters. The molecule has 0 spiro atoms. The number of hydrogen-bond donors (Lipinski definition) is 1. The molecule has 2 aromatic carbocycles. The maximum atomic E-state index is 13.8. The van der Waals surface area contributed by atoms with Gasteiger partial charge in [-0.15, -0.1) is 0 Å². The SMILES string of the molecule is CNCC(Cc1ccccc1F)Cc1c(Cl)cccc1Cl. The van der Waals surface area contributed by atoms with Gasteiger partial charge in [0, 0.05) is 10.0 Å². The molecule has 0 aliphatic carbocycles. The van der Waals surface area contributed by atoms with Gasteiger partial charge in [0.1, 0.15) is 5.82 Å². The molecule has 4 heteroatoms. The van der Waals surface area contributed by atoms with Crippen LogP contribution in [-0.4, -0.2) is 13.6 Å². The fourth-order valence-corrected chi connectivity index (χ4v) is 3.05. The Balaban J connectivity index is 2.18. The second-order valence-electron chi connectivity index (χ2n) is 5.12. The second-order valence-corrected chi connectivity index (χ2v) is 5.94. The highest BCUT2D eigenvalue weighted by Gasteiger charge is 2.16. The van der Waals surface area contributed by atoms with Crippen molar-refractivity contribution < 1.29 is 4.39 Å². The van der Waals surface area contributed by atoms with E-state index in [1.807, 2.05) is 37.4 Å². The summed E-state index contributed by atoms with van der Waals surface area (Å²) in [6.45, 7) is 0.774. The standard InChI is InChI=1S/C17H18Cl2FN/c1-21-11-12(9-13-5-2-3-8-17(13)20)10-14-15(18)6-4-7-16(14)19/h2-8,12,21H,9-11H2,1H3. The van der Waals surface area contributed by atoms with Gasteiger partial charge in [-0.1, -0.05) is 47.5 Å². The van der Waals surface area contributed by atoms with E-state index in [-0.39, 0.29) is 11.7 Å². The first-order valence-corrected chi connectivity index (χ1v) is 7.68. The Morgan fingerprint density at radius 2 is 1.67 bits per heavy atom. The average Bonchev–Trinajstić information content (AvgIpc) is 2.45. The van der Waals surface area contributed by atoms with Crippen LogP contribution in [0.25, 0.3) is 0 Å². The molecule has 0 aromatic heterocycles. The summed E-state index contributed by atoms with van der Waals surface area (Å²) < 4.78 is 13.8. The lowest BCUT2D eigenvalue weighted by Crippen LogP contribution is -2.23. The van der Waals surface area contributed by atoms with E-state index in [0.717, 1.165) is 17.7 Å². The van der Waals surface area contributed by atoms with E-state index < -0.39 is 0 Å². The normalized spacial score (nSPS) is 12.4. The molecule has 1 nitrogen and oxygen atoms in total. The first kappa shape index (κ1) is 16.3. The second kappa shape index (κ2) is 7.79. The summed E-state index contributed by atoms with van der Waals surface area (Å²) in [6, 6.07) is 12.4. The van der Waals surface area contributed by atoms with Crippen LogP contribution in [0, 0.1) is 11.7 Å². The van der Waals surface area contributed by atoms with Gasteiger partial charge in [0.25, 0.3) is 0 Å². The topological polar surface area (TPSA) is 12.0 Å². The largest absolute Gasteiger partial charge is 0.319 e. The third-order valence-corrected chi connectivity index (χ3v) is 4.22. The van der Waals surface area contributed by atoms with Crippen molar-refractivity contribution in [3.05, 3.63) is 69.5 Å². The zero-order valence-electron chi connectivity index (χ0n) is 11.9. The van der Waals surface area contributed by atoms with Crippen molar-refractivity contribution in [2.75, 3.05) is 13.6 Å². The van der Waals surface area contributed by atoms with E-state index in [1.54, 1.807) is 6.07 Å². The van der Waals surface area contributed by atoms with E-state index >= 15 is 0 Å². The summed E-state index contributed by atoms with van der Waals surface area (Å²) in [5.41, 5.74) is 1.65. The first-order chi connectivity index (χ1) is 10.1. The predicted octanol–water partition coefficient (Wildman–Crippen LogP) is 4.75. The molecule has 21 heavy (non-hydrogen) atoms. The maximum absolute atomic E-state index is 13.8. The Bertz CT molecular complexity index is 581. The summed E-state index contributed by atoms with van der Waals surface area (Å²) in [5.74, 6) is 0.0631. The van der Waals surface area contributed by atoms with Crippen LogP contribution in [0.4, 0.5) is 4.39 Å². The van der Waals surface area contributed by atoms with Gasteiger partial charge < -0.3 is 5.32 Å². The lowest BCUT2D eigenvalue weighted by Gasteiger charge is -2.18. The summed E-state index contributed by atoms with van der Waals surface area (Å²) in [7, 11) is 1.89. The molecular formula is C17H18Cl2FN. The number of benzene rings is 2. The van der Waals surface area contributed by atoms with Crippen LogP contribution in [0.2, 0.25) is 10.0 Å². The minimum absolute atomic E-state index is 0.163. The monoisotopic (exact) mass is 325 g/mol. The Labute approximate surface area is 135 Å². The van der Waals surface area contributed by atoms with Gasteiger partial charge in [-0.05, 0) is 61.7 Å². The van der Waals surface area contributed by atoms with Gasteiger partial charge in [0.15, 0.2) is 0 Å². The predicted molar refractivity (Wildman–Crippen MR) is 87.7 cm³/mol. The summed E-state index contributed by atoms with van der Waals surface area (Å²) in [4.78, 5) is 0. The third-order valence-electron chi connectivity index (χ3n) is 3.51. The molecule has 0 bridgehead atoms. The molecule has 112 valence electrons. The van der Waals surface area contributed by atoms with Crippen molar-refractivity contribution in [2.24, 2.45) is 5.92 Å². The summed E-state index contributed by atoms with van der Waals surface area (Å²) in [5, 5.41) is 4.49. The Morgan fingerprint density at radius 1 is 1.00 bits per heavy atom. The molecule has 1 unspecified atom stereocenters. The fourth-order valence-electron chi connectivity index (χ4n) is 2.50. The molecule has 2 rings (SSSR count). The van der Waals surface area contributed by atoms with Gasteiger partial charge >= 0.3 is 0 Å². The summed E-state index contributed by atoms with van der Waals surface area (Å²) >= 11 is 12.5. The molecule has 0 radical (unpaired) electrons. The zero-order valence-corrected chi connectivity index (χ0v) is 13.4. The Morgan fingerprint density at radius 3 is 2.29 bits per heavy atom. The van der Waals surface area contributed by atoms with E-state index in [1.165, 1.54) is 6.07 Å². The molecule has 0 aliphatic heterocycles. The van der Waals surface area contributed by atoms with E-state index in [9.17, 15) is 4.39 Å². The molecule has 0 aliphatic rings. The van der Waals surface area contributed by atoms with Gasteiger partial charge in [-0.25, -0.2) is 4.39 Å². The minimum atomic E-state index is -0.163. The minimum Gasteiger partial charge on any atom is -0.319 e. The number of halogens is 3. The quantitative estimate of drug-likeness (QED) is 0.807. The van der Waals surface area contributed by atoms with Crippen molar-refractivity contribution in [2.45, 2.75) is 12.8 Å². The molecule has 0 heterocycles. The van der Waals surface area contributed by atoms with Crippen LogP contribution in [0.3, 0.4) is 0 Å². The van der Waals surface area contributed by atoms with Crippen molar-refractivity contribution >= 4 is 23.2 Å². The van der Waals surface area contributed by atoms with Crippen LogP contribution in [-0.2, 0) is 12.8 Å². The molecular weight excluding hydrogens is 308 g/mol. The van der Waals surface area contributed by atoms with Gasteiger partial charge in [0.05, 0.1) is 0 Å². The van der Waals surface area contributed by atoms with Crippen molar-refractivity contribution in [3.63, 3.8) is 0 Å². The number of rotatable bonds is 6. The molecule has 2 aromatic rings. The smallest absolute Gasteiger partial charge is 0.126 e. The summed E-state index contributed by atoms with van der Waals surface area (Å²) in [6.07, 6.45) is 1.36. The van der Waals surface area contributed by atoms with Crippen LogP contribution in [0.1, 0.15) is 11.1 Å². The van der Waals surface area contributed by atoms with Crippen molar-refractivity contribution in [1.29, 1.82) is 0 Å². The molecule has 0 saturated carbocycles. The van der Waals surface area contributed by atoms with E-state index in [4.69, 9.17) is 23.2 Å². The van der Waals surface area contributed by atoms with Crippen LogP contribution >= 0.6 is 23.2 Å². The van der Waals surface area contributed by atoms with E-state index in [2.05, 4.69) is 5.32 Å².